The molecule has 0 aromatic heterocycles. The Labute approximate surface area is 36.6 Å². The molecule has 0 saturated heterocycles. The first-order chi connectivity index (χ1) is 1.91. The average Bonchev–Trinajstić information content (AvgIpc) is 1.37. The summed E-state index contributed by atoms with van der Waals surface area (Å²) in [5.74, 6) is 0.556. The van der Waals surface area contributed by atoms with E-state index in [1.54, 1.807) is 6.08 Å². The van der Waals surface area contributed by atoms with Gasteiger partial charge in [-0.3, -0.25) is 0 Å². The monoisotopic (exact) mass is 94.0 g/mol. The molecule has 2 heteroatoms. The zero-order chi connectivity index (χ0) is 3.41. The van der Waals surface area contributed by atoms with Crippen molar-refractivity contribution in [3.05, 3.63) is 12.7 Å². The Hall–Kier alpha value is -0.0100. The van der Waals surface area contributed by atoms with Crippen molar-refractivity contribution in [3.63, 3.8) is 0 Å². The van der Waals surface area contributed by atoms with Crippen LogP contribution in [0.1, 0.15) is 0 Å². The Kier molecular flexibility index (Phi) is 16.0. The van der Waals surface area contributed by atoms with Crippen molar-refractivity contribution in [1.82, 2.24) is 0 Å². The second-order valence-electron chi connectivity index (χ2n) is 0.443. The molecule has 0 aliphatic carbocycles. The quantitative estimate of drug-likeness (QED) is 0.336. The highest BCUT2D eigenvalue weighted by Gasteiger charge is 1.48. The van der Waals surface area contributed by atoms with Gasteiger partial charge in [0.15, 0.2) is 0 Å². The van der Waals surface area contributed by atoms with Crippen LogP contribution in [0.15, 0.2) is 12.7 Å². The highest BCUT2D eigenvalue weighted by Crippen LogP contribution is 1.67. The first-order valence-electron chi connectivity index (χ1n) is 1.08. The van der Waals surface area contributed by atoms with Gasteiger partial charge in [-0.25, -0.2) is 0 Å². The van der Waals surface area contributed by atoms with Gasteiger partial charge in [0.2, 0.25) is 0 Å². The van der Waals surface area contributed by atoms with Crippen molar-refractivity contribution < 1.29 is 5.48 Å². The van der Waals surface area contributed by atoms with E-state index < -0.39 is 0 Å². The maximum atomic E-state index is 5.07. The maximum Gasteiger partial charge on any atom is 0.0401 e. The van der Waals surface area contributed by atoms with Crippen LogP contribution >= 0.6 is 11.6 Å². The van der Waals surface area contributed by atoms with Gasteiger partial charge in [0.25, 0.3) is 0 Å². The van der Waals surface area contributed by atoms with Crippen LogP contribution in [0.3, 0.4) is 0 Å². The van der Waals surface area contributed by atoms with E-state index in [9.17, 15) is 0 Å². The maximum absolute atomic E-state index is 5.07. The number of rotatable bonds is 1. The lowest BCUT2D eigenvalue weighted by molar-refractivity contribution is 0.824. The molecule has 0 heterocycles. The average molecular weight is 94.5 g/mol. The van der Waals surface area contributed by atoms with Gasteiger partial charge >= 0.3 is 0 Å². The second-order valence-corrected chi connectivity index (χ2v) is 0.752. The third-order valence-electron chi connectivity index (χ3n) is 0.109. The zero-order valence-electron chi connectivity index (χ0n) is 2.87. The third-order valence-corrected chi connectivity index (χ3v) is 0.327. The molecule has 32 valence electrons. The SMILES string of the molecule is C=CCCl.O. The second kappa shape index (κ2) is 9.01. The molecule has 0 aliphatic rings. The Morgan fingerprint density at radius 1 is 1.80 bits per heavy atom. The molecule has 0 aromatic carbocycles. The van der Waals surface area contributed by atoms with Crippen LogP contribution in [0.2, 0.25) is 0 Å². The number of halogens is 1. The summed E-state index contributed by atoms with van der Waals surface area (Å²) in [6.07, 6.45) is 1.64. The van der Waals surface area contributed by atoms with E-state index in [0.29, 0.717) is 5.88 Å². The molecule has 0 spiro atoms. The molecule has 0 unspecified atom stereocenters. The highest BCUT2D eigenvalue weighted by molar-refractivity contribution is 6.18. The van der Waals surface area contributed by atoms with Crippen molar-refractivity contribution in [2.24, 2.45) is 0 Å². The molecule has 0 saturated carbocycles. The van der Waals surface area contributed by atoms with Crippen LogP contribution in [0.4, 0.5) is 0 Å². The minimum absolute atomic E-state index is 0. The van der Waals surface area contributed by atoms with Gasteiger partial charge in [-0.2, -0.15) is 0 Å². The highest BCUT2D eigenvalue weighted by atomic mass is 35.5. The summed E-state index contributed by atoms with van der Waals surface area (Å²) in [5, 5.41) is 0. The molecule has 0 aromatic rings. The number of allylic oxidation sites excluding steroid dienone is 1. The minimum atomic E-state index is 0. The molecule has 2 N–H and O–H groups in total. The van der Waals surface area contributed by atoms with Crippen molar-refractivity contribution in [3.8, 4) is 0 Å². The molecule has 0 rings (SSSR count). The summed E-state index contributed by atoms with van der Waals surface area (Å²) in [6.45, 7) is 3.35. The van der Waals surface area contributed by atoms with Crippen molar-refractivity contribution in [1.29, 1.82) is 0 Å². The van der Waals surface area contributed by atoms with Gasteiger partial charge in [-0.1, -0.05) is 6.08 Å². The predicted molar refractivity (Wildman–Crippen MR) is 24.5 cm³/mol. The fourth-order valence-electron chi connectivity index (χ4n) is 0. The van der Waals surface area contributed by atoms with Gasteiger partial charge in [-0.05, 0) is 0 Å². The molecule has 0 atom stereocenters. The van der Waals surface area contributed by atoms with Crippen LogP contribution in [-0.4, -0.2) is 11.4 Å². The molecule has 1 nitrogen and oxygen atoms in total. The number of hydrogen-bond donors (Lipinski definition) is 0. The fraction of sp³-hybridized carbons (Fsp3) is 0.333. The summed E-state index contributed by atoms with van der Waals surface area (Å²) in [6, 6.07) is 0. The lowest BCUT2D eigenvalue weighted by atomic mass is 10.8. The standard InChI is InChI=1S/C3H5Cl.H2O/c1-2-3-4;/h2H,1,3H2;1H2. The van der Waals surface area contributed by atoms with Crippen molar-refractivity contribution >= 4 is 11.6 Å². The van der Waals surface area contributed by atoms with Crippen LogP contribution in [0.25, 0.3) is 0 Å². The first kappa shape index (κ1) is 8.89. The summed E-state index contributed by atoms with van der Waals surface area (Å²) >= 11 is 5.07. The Morgan fingerprint density at radius 2 is 2.00 bits per heavy atom. The summed E-state index contributed by atoms with van der Waals surface area (Å²) in [4.78, 5) is 0. The molecule has 0 fully saturated rings. The lowest BCUT2D eigenvalue weighted by Gasteiger charge is -1.55. The van der Waals surface area contributed by atoms with E-state index in [0.717, 1.165) is 0 Å². The predicted octanol–water partition coefficient (Wildman–Crippen LogP) is 0.587. The lowest BCUT2D eigenvalue weighted by Crippen LogP contribution is -1.45. The van der Waals surface area contributed by atoms with Gasteiger partial charge in [0.1, 0.15) is 0 Å². The van der Waals surface area contributed by atoms with Crippen LogP contribution in [-0.2, 0) is 0 Å². The number of alkyl halides is 1. The van der Waals surface area contributed by atoms with E-state index in [2.05, 4.69) is 6.58 Å². The van der Waals surface area contributed by atoms with E-state index in [-0.39, 0.29) is 5.48 Å². The molecule has 0 radical (unpaired) electrons. The molecule has 0 bridgehead atoms. The van der Waals surface area contributed by atoms with Gasteiger partial charge in [-0.15, -0.1) is 18.2 Å². The number of hydrogen-bond acceptors (Lipinski definition) is 0. The largest absolute Gasteiger partial charge is 0.412 e. The molecule has 0 aliphatic heterocycles. The van der Waals surface area contributed by atoms with Crippen molar-refractivity contribution in [2.75, 3.05) is 5.88 Å². The van der Waals surface area contributed by atoms with Crippen molar-refractivity contribution in [2.45, 2.75) is 0 Å². The normalized spacial score (nSPS) is 5.00. The van der Waals surface area contributed by atoms with Crippen LogP contribution < -0.4 is 0 Å². The van der Waals surface area contributed by atoms with Crippen LogP contribution in [0, 0.1) is 0 Å². The summed E-state index contributed by atoms with van der Waals surface area (Å²) in [7, 11) is 0. The van der Waals surface area contributed by atoms with E-state index in [4.69, 9.17) is 11.6 Å². The minimum Gasteiger partial charge on any atom is -0.412 e. The molecular formula is C3H7ClO. The van der Waals surface area contributed by atoms with Gasteiger partial charge in [0, 0.05) is 5.88 Å². The molecule has 5 heavy (non-hydrogen) atoms. The molecular weight excluding hydrogens is 87.5 g/mol. The van der Waals surface area contributed by atoms with E-state index >= 15 is 0 Å². The van der Waals surface area contributed by atoms with Crippen LogP contribution in [0.5, 0.6) is 0 Å². The Balaban J connectivity index is 0. The zero-order valence-corrected chi connectivity index (χ0v) is 3.63. The fourth-order valence-corrected chi connectivity index (χ4v) is 0. The van der Waals surface area contributed by atoms with E-state index in [1.165, 1.54) is 0 Å². The topological polar surface area (TPSA) is 31.5 Å². The Bertz CT molecular complexity index is 20.9. The first-order valence-corrected chi connectivity index (χ1v) is 1.62. The summed E-state index contributed by atoms with van der Waals surface area (Å²) < 4.78 is 0. The Morgan fingerprint density at radius 3 is 2.00 bits per heavy atom. The third kappa shape index (κ3) is 16.1. The summed E-state index contributed by atoms with van der Waals surface area (Å²) in [5.41, 5.74) is 0. The van der Waals surface area contributed by atoms with Gasteiger partial charge in [0.05, 0.1) is 0 Å². The van der Waals surface area contributed by atoms with Gasteiger partial charge < -0.3 is 5.48 Å². The van der Waals surface area contributed by atoms with E-state index in [1.807, 2.05) is 0 Å². The smallest absolute Gasteiger partial charge is 0.0401 e. The molecule has 0 amide bonds.